The second kappa shape index (κ2) is 3.88. The van der Waals surface area contributed by atoms with Crippen LogP contribution in [0.4, 0.5) is 0 Å². The van der Waals surface area contributed by atoms with Crippen LogP contribution in [0.3, 0.4) is 0 Å². The second-order valence-electron chi connectivity index (χ2n) is 3.25. The summed E-state index contributed by atoms with van der Waals surface area (Å²) in [5.41, 5.74) is -1.14. The van der Waals surface area contributed by atoms with Crippen LogP contribution in [0.5, 0.6) is 0 Å². The smallest absolute Gasteiger partial charge is 0.245 e. The number of carbonyl (C=O) groups excluding carboxylic acids is 2. The van der Waals surface area contributed by atoms with Gasteiger partial charge in [0.2, 0.25) is 11.8 Å². The first-order chi connectivity index (χ1) is 6.50. The zero-order chi connectivity index (χ0) is 10.8. The van der Waals surface area contributed by atoms with Gasteiger partial charge in [-0.15, -0.1) is 0 Å². The van der Waals surface area contributed by atoms with Gasteiger partial charge in [-0.05, 0) is 25.6 Å². The van der Waals surface area contributed by atoms with Crippen LogP contribution in [-0.2, 0) is 9.59 Å². The van der Waals surface area contributed by atoms with E-state index in [2.05, 4.69) is 22.9 Å². The van der Waals surface area contributed by atoms with E-state index >= 15 is 0 Å². The van der Waals surface area contributed by atoms with Crippen LogP contribution >= 0.6 is 12.2 Å². The largest absolute Gasteiger partial charge is 0.302 e. The third-order valence-corrected chi connectivity index (χ3v) is 2.29. The molecule has 0 bridgehead atoms. The first kappa shape index (κ1) is 10.8. The molecule has 0 aliphatic carbocycles. The molecule has 0 radical (unpaired) electrons. The Hall–Kier alpha value is -1.23. The molecular formula is C9H12N2O2S. The number of thiocarbonyl (C=S) groups is 1. The molecule has 1 rings (SSSR count). The van der Waals surface area contributed by atoms with E-state index in [1.807, 2.05) is 6.92 Å². The second-order valence-corrected chi connectivity index (χ2v) is 3.66. The number of rotatable bonds is 2. The quantitative estimate of drug-likeness (QED) is 0.398. The van der Waals surface area contributed by atoms with E-state index in [4.69, 9.17) is 0 Å². The Morgan fingerprint density at radius 2 is 1.86 bits per heavy atom. The molecule has 2 N–H and O–H groups in total. The van der Waals surface area contributed by atoms with Crippen molar-refractivity contribution >= 4 is 29.1 Å². The topological polar surface area (TPSA) is 58.2 Å². The van der Waals surface area contributed by atoms with Crippen molar-refractivity contribution in [2.45, 2.75) is 20.3 Å². The molecule has 0 aromatic rings. The molecule has 0 atom stereocenters. The summed E-state index contributed by atoms with van der Waals surface area (Å²) in [5, 5.41) is 4.91. The molecule has 1 aliphatic heterocycles. The summed E-state index contributed by atoms with van der Waals surface area (Å²) in [6.45, 7) is 3.49. The van der Waals surface area contributed by atoms with Crippen LogP contribution in [-0.4, -0.2) is 16.9 Å². The summed E-state index contributed by atoms with van der Waals surface area (Å²) in [6, 6.07) is 0. The molecule has 76 valence electrons. The summed E-state index contributed by atoms with van der Waals surface area (Å²) >= 11 is 4.69. The van der Waals surface area contributed by atoms with E-state index in [1.54, 1.807) is 19.1 Å². The number of hydrogen-bond acceptors (Lipinski definition) is 3. The maximum absolute atomic E-state index is 11.5. The Kier molecular flexibility index (Phi) is 3.00. The number of carbonyl (C=O) groups is 2. The fourth-order valence-electron chi connectivity index (χ4n) is 1.11. The minimum absolute atomic E-state index is 0.0716. The maximum Gasteiger partial charge on any atom is 0.245 e. The van der Waals surface area contributed by atoms with Crippen molar-refractivity contribution in [3.8, 4) is 0 Å². The first-order valence-corrected chi connectivity index (χ1v) is 4.76. The summed E-state index contributed by atoms with van der Waals surface area (Å²) in [5.74, 6) is -0.757. The normalized spacial score (nSPS) is 20.9. The van der Waals surface area contributed by atoms with Crippen molar-refractivity contribution in [1.29, 1.82) is 0 Å². The number of hydrogen-bond donors (Lipinski definition) is 2. The molecule has 1 heterocycles. The Morgan fingerprint density at radius 3 is 2.29 bits per heavy atom. The van der Waals surface area contributed by atoms with Gasteiger partial charge >= 0.3 is 0 Å². The molecular weight excluding hydrogens is 200 g/mol. The zero-order valence-electron chi connectivity index (χ0n) is 8.09. The minimum atomic E-state index is -1.14. The molecule has 0 aromatic heterocycles. The number of nitrogens with one attached hydrogen (secondary N) is 2. The molecule has 4 nitrogen and oxygen atoms in total. The predicted molar refractivity (Wildman–Crippen MR) is 56.4 cm³/mol. The SMILES string of the molecule is CC/C=C/C1(C)C(=O)NC(=S)NC1=O. The third-order valence-electron chi connectivity index (χ3n) is 2.08. The average Bonchev–Trinajstić information content (AvgIpc) is 2.11. The van der Waals surface area contributed by atoms with Crippen LogP contribution in [0.15, 0.2) is 12.2 Å². The highest BCUT2D eigenvalue weighted by Crippen LogP contribution is 2.21. The Labute approximate surface area is 87.7 Å². The van der Waals surface area contributed by atoms with Crippen molar-refractivity contribution in [3.63, 3.8) is 0 Å². The van der Waals surface area contributed by atoms with Gasteiger partial charge < -0.3 is 10.6 Å². The van der Waals surface area contributed by atoms with Gasteiger partial charge in [0.15, 0.2) is 5.11 Å². The molecule has 2 amide bonds. The van der Waals surface area contributed by atoms with E-state index in [0.717, 1.165) is 6.42 Å². The lowest BCUT2D eigenvalue weighted by molar-refractivity contribution is -0.139. The van der Waals surface area contributed by atoms with E-state index in [0.29, 0.717) is 0 Å². The molecule has 1 aliphatic rings. The molecule has 1 saturated heterocycles. The van der Waals surface area contributed by atoms with Gasteiger partial charge in [-0.2, -0.15) is 0 Å². The van der Waals surface area contributed by atoms with Crippen molar-refractivity contribution in [3.05, 3.63) is 12.2 Å². The van der Waals surface area contributed by atoms with E-state index in [-0.39, 0.29) is 16.9 Å². The fourth-order valence-corrected chi connectivity index (χ4v) is 1.29. The first-order valence-electron chi connectivity index (χ1n) is 4.35. The van der Waals surface area contributed by atoms with E-state index < -0.39 is 5.41 Å². The molecule has 1 fully saturated rings. The number of allylic oxidation sites excluding steroid dienone is 1. The summed E-state index contributed by atoms with van der Waals surface area (Å²) in [4.78, 5) is 23.1. The van der Waals surface area contributed by atoms with Gasteiger partial charge in [0, 0.05) is 0 Å². The van der Waals surface area contributed by atoms with Crippen LogP contribution in [0, 0.1) is 5.41 Å². The molecule has 5 heteroatoms. The monoisotopic (exact) mass is 212 g/mol. The van der Waals surface area contributed by atoms with Gasteiger partial charge in [0.25, 0.3) is 0 Å². The summed E-state index contributed by atoms with van der Waals surface area (Å²) in [7, 11) is 0. The number of amides is 2. The zero-order valence-corrected chi connectivity index (χ0v) is 8.90. The van der Waals surface area contributed by atoms with Gasteiger partial charge in [0.05, 0.1) is 0 Å². The van der Waals surface area contributed by atoms with E-state index in [1.165, 1.54) is 0 Å². The Morgan fingerprint density at radius 1 is 1.36 bits per heavy atom. The van der Waals surface area contributed by atoms with Crippen molar-refractivity contribution in [2.75, 3.05) is 0 Å². The minimum Gasteiger partial charge on any atom is -0.302 e. The predicted octanol–water partition coefficient (Wildman–Crippen LogP) is 0.490. The highest BCUT2D eigenvalue weighted by molar-refractivity contribution is 7.80. The average molecular weight is 212 g/mol. The van der Waals surface area contributed by atoms with Gasteiger partial charge in [-0.3, -0.25) is 9.59 Å². The summed E-state index contributed by atoms with van der Waals surface area (Å²) < 4.78 is 0. The molecule has 0 aromatic carbocycles. The van der Waals surface area contributed by atoms with Crippen LogP contribution in [0.25, 0.3) is 0 Å². The summed E-state index contributed by atoms with van der Waals surface area (Å²) in [6.07, 6.45) is 4.16. The Balaban J connectivity index is 2.95. The van der Waals surface area contributed by atoms with Crippen molar-refractivity contribution < 1.29 is 9.59 Å². The molecule has 0 unspecified atom stereocenters. The molecule has 0 saturated carbocycles. The fraction of sp³-hybridized carbons (Fsp3) is 0.444. The maximum atomic E-state index is 11.5. The lowest BCUT2D eigenvalue weighted by Crippen LogP contribution is -2.60. The van der Waals surface area contributed by atoms with Gasteiger partial charge in [-0.1, -0.05) is 19.1 Å². The highest BCUT2D eigenvalue weighted by Gasteiger charge is 2.42. The molecule has 0 spiro atoms. The van der Waals surface area contributed by atoms with Crippen LogP contribution in [0.2, 0.25) is 0 Å². The van der Waals surface area contributed by atoms with Crippen LogP contribution in [0.1, 0.15) is 20.3 Å². The molecule has 14 heavy (non-hydrogen) atoms. The third kappa shape index (κ3) is 1.82. The van der Waals surface area contributed by atoms with Gasteiger partial charge in [-0.25, -0.2) is 0 Å². The van der Waals surface area contributed by atoms with Crippen LogP contribution < -0.4 is 10.6 Å². The van der Waals surface area contributed by atoms with E-state index in [9.17, 15) is 9.59 Å². The lowest BCUT2D eigenvalue weighted by Gasteiger charge is -2.28. The van der Waals surface area contributed by atoms with Crippen molar-refractivity contribution in [1.82, 2.24) is 10.6 Å². The Bertz CT molecular complexity index is 303. The lowest BCUT2D eigenvalue weighted by atomic mass is 9.86. The van der Waals surface area contributed by atoms with Gasteiger partial charge in [0.1, 0.15) is 5.41 Å². The standard InChI is InChI=1S/C9H12N2O2S/c1-3-4-5-9(2)6(12)10-8(14)11-7(9)13/h4-5H,3H2,1-2H3,(H2,10,11,12,13,14)/b5-4+. The van der Waals surface area contributed by atoms with Crippen molar-refractivity contribution in [2.24, 2.45) is 5.41 Å². The highest BCUT2D eigenvalue weighted by atomic mass is 32.1.